The zero-order valence-electron chi connectivity index (χ0n) is 24.2. The fourth-order valence-electron chi connectivity index (χ4n) is 5.10. The molecule has 11 heteroatoms. The fraction of sp³-hybridized carbons (Fsp3) is 0.759. The molecule has 0 saturated carbocycles. The summed E-state index contributed by atoms with van der Waals surface area (Å²) in [5.74, 6) is -1.93. The van der Waals surface area contributed by atoms with E-state index in [0.717, 1.165) is 25.7 Å². The molecular formula is C29H45N3O6S2. The molecule has 0 bridgehead atoms. The molecule has 0 aliphatic carbocycles. The SMILES string of the molecule is CO[C@@]1(NC(=S)C(C)CCCCCCCCCCCCCCC#N)C(=O)N2C(C(=O)O)=C(COC(C)=O)CS[C@@H]21. The van der Waals surface area contributed by atoms with Gasteiger partial charge in [-0.2, -0.15) is 5.26 Å². The molecule has 224 valence electrons. The Hall–Kier alpha value is -2.16. The number of carbonyl (C=O) groups is 3. The van der Waals surface area contributed by atoms with Crippen LogP contribution in [0.2, 0.25) is 0 Å². The average molecular weight is 596 g/mol. The van der Waals surface area contributed by atoms with Crippen LogP contribution in [0.3, 0.4) is 0 Å². The Bertz CT molecular complexity index is 966. The Kier molecular flexibility index (Phi) is 15.0. The minimum atomic E-state index is -1.42. The number of hydrogen-bond acceptors (Lipinski definition) is 8. The molecule has 1 amide bonds. The number of hydrogen-bond donors (Lipinski definition) is 2. The number of thioether (sulfide) groups is 1. The molecule has 1 fully saturated rings. The van der Waals surface area contributed by atoms with Gasteiger partial charge < -0.3 is 19.9 Å². The lowest BCUT2D eigenvalue weighted by Crippen LogP contribution is -2.80. The normalized spacial score (nSPS) is 20.8. The number of nitrogens with zero attached hydrogens (tertiary/aromatic N) is 2. The van der Waals surface area contributed by atoms with Crippen LogP contribution in [-0.2, 0) is 23.9 Å². The molecular weight excluding hydrogens is 550 g/mol. The van der Waals surface area contributed by atoms with Gasteiger partial charge in [-0.15, -0.1) is 11.8 Å². The Morgan fingerprint density at radius 2 is 1.68 bits per heavy atom. The number of esters is 1. The first kappa shape index (κ1) is 34.0. The number of ether oxygens (including phenoxy) is 2. The van der Waals surface area contributed by atoms with Gasteiger partial charge >= 0.3 is 11.9 Å². The van der Waals surface area contributed by atoms with Gasteiger partial charge in [-0.1, -0.05) is 89.8 Å². The quantitative estimate of drug-likeness (QED) is 0.0596. The average Bonchev–Trinajstić information content (AvgIpc) is 2.93. The van der Waals surface area contributed by atoms with Gasteiger partial charge in [0.25, 0.3) is 11.6 Å². The van der Waals surface area contributed by atoms with Crippen molar-refractivity contribution in [1.29, 1.82) is 5.26 Å². The molecule has 9 nitrogen and oxygen atoms in total. The summed E-state index contributed by atoms with van der Waals surface area (Å²) in [5, 5.41) is 20.9. The number of amides is 1. The first-order chi connectivity index (χ1) is 19.2. The molecule has 0 radical (unpaired) electrons. The van der Waals surface area contributed by atoms with Gasteiger partial charge in [0, 0.05) is 37.7 Å². The van der Waals surface area contributed by atoms with Gasteiger partial charge in [0.15, 0.2) is 0 Å². The molecule has 40 heavy (non-hydrogen) atoms. The highest BCUT2D eigenvalue weighted by Gasteiger charge is 2.66. The molecule has 2 aliphatic heterocycles. The second-order valence-corrected chi connectivity index (χ2v) is 12.2. The lowest BCUT2D eigenvalue weighted by Gasteiger charge is -2.56. The van der Waals surface area contributed by atoms with E-state index in [9.17, 15) is 19.5 Å². The number of carboxylic acid groups (broad SMARTS) is 1. The number of fused-ring (bicyclic) bond motifs is 1. The number of carboxylic acids is 1. The summed E-state index contributed by atoms with van der Waals surface area (Å²) in [6.45, 7) is 3.12. The molecule has 0 spiro atoms. The predicted molar refractivity (Wildman–Crippen MR) is 159 cm³/mol. The fourth-order valence-corrected chi connectivity index (χ4v) is 6.79. The highest BCUT2D eigenvalue weighted by atomic mass is 32.2. The van der Waals surface area contributed by atoms with Gasteiger partial charge in [-0.3, -0.25) is 14.5 Å². The summed E-state index contributed by atoms with van der Waals surface area (Å²) in [5.41, 5.74) is -1.20. The van der Waals surface area contributed by atoms with Crippen LogP contribution in [0.5, 0.6) is 0 Å². The van der Waals surface area contributed by atoms with Crippen LogP contribution in [-0.4, -0.2) is 63.4 Å². The first-order valence-electron chi connectivity index (χ1n) is 14.5. The number of thiocarbonyl (C=S) groups is 1. The van der Waals surface area contributed by atoms with E-state index in [-0.39, 0.29) is 18.2 Å². The predicted octanol–water partition coefficient (Wildman–Crippen LogP) is 5.68. The number of carbonyl (C=O) groups excluding carboxylic acids is 2. The third-order valence-electron chi connectivity index (χ3n) is 7.52. The van der Waals surface area contributed by atoms with Gasteiger partial charge in [0.05, 0.1) is 11.1 Å². The van der Waals surface area contributed by atoms with Crippen molar-refractivity contribution in [2.45, 2.75) is 115 Å². The molecule has 1 unspecified atom stereocenters. The molecule has 2 N–H and O–H groups in total. The van der Waals surface area contributed by atoms with Crippen LogP contribution in [0.4, 0.5) is 0 Å². The maximum atomic E-state index is 13.3. The summed E-state index contributed by atoms with van der Waals surface area (Å²) < 4.78 is 10.6. The van der Waals surface area contributed by atoms with Gasteiger partial charge in [-0.05, 0) is 12.8 Å². The second-order valence-electron chi connectivity index (χ2n) is 10.6. The van der Waals surface area contributed by atoms with Crippen molar-refractivity contribution in [3.8, 4) is 6.07 Å². The maximum Gasteiger partial charge on any atom is 0.352 e. The third-order valence-corrected chi connectivity index (χ3v) is 9.39. The zero-order chi connectivity index (χ0) is 29.5. The minimum Gasteiger partial charge on any atom is -0.477 e. The molecule has 2 rings (SSSR count). The Morgan fingerprint density at radius 3 is 2.17 bits per heavy atom. The summed E-state index contributed by atoms with van der Waals surface area (Å²) >= 11 is 7.00. The van der Waals surface area contributed by atoms with Crippen LogP contribution >= 0.6 is 24.0 Å². The molecule has 0 aromatic carbocycles. The molecule has 2 aliphatic rings. The standard InChI is InChI=1S/C29H45N3O6S2/c1-21(17-15-13-11-9-7-5-4-6-8-10-12-14-16-18-30)25(39)31-29(37-3)27(36)32-24(26(34)35)23(19-38-22(2)33)20-40-28(29)32/h21,28H,4-17,19-20H2,1-3H3,(H,31,39)(H,34,35)/t21?,28-,29+/m1/s1. The van der Waals surface area contributed by atoms with Crippen LogP contribution in [0, 0.1) is 17.2 Å². The van der Waals surface area contributed by atoms with Crippen molar-refractivity contribution in [1.82, 2.24) is 10.2 Å². The van der Waals surface area contributed by atoms with E-state index in [1.54, 1.807) is 0 Å². The molecule has 3 atom stereocenters. The van der Waals surface area contributed by atoms with E-state index >= 15 is 0 Å². The maximum absolute atomic E-state index is 13.3. The van der Waals surface area contributed by atoms with Gasteiger partial charge in [0.2, 0.25) is 0 Å². The number of nitrogens with one attached hydrogen (secondary N) is 1. The van der Waals surface area contributed by atoms with Crippen LogP contribution in [0.15, 0.2) is 11.3 Å². The zero-order valence-corrected chi connectivity index (χ0v) is 25.8. The number of methoxy groups -OCH3 is 1. The van der Waals surface area contributed by atoms with E-state index in [4.69, 9.17) is 27.0 Å². The number of rotatable bonds is 20. The van der Waals surface area contributed by atoms with E-state index in [1.807, 2.05) is 6.92 Å². The Morgan fingerprint density at radius 1 is 1.12 bits per heavy atom. The summed E-state index contributed by atoms with van der Waals surface area (Å²) in [7, 11) is 1.42. The lowest BCUT2D eigenvalue weighted by atomic mass is 9.96. The van der Waals surface area contributed by atoms with Crippen molar-refractivity contribution >= 4 is 46.8 Å². The Balaban J connectivity index is 1.71. The number of aliphatic carboxylic acids is 1. The van der Waals surface area contributed by atoms with Crippen molar-refractivity contribution in [2.24, 2.45) is 5.92 Å². The highest BCUT2D eigenvalue weighted by Crippen LogP contribution is 2.46. The number of β-lactam (4-membered cyclic amide) rings is 1. The summed E-state index contributed by atoms with van der Waals surface area (Å²) in [6.07, 6.45) is 16.1. The molecule has 2 heterocycles. The largest absolute Gasteiger partial charge is 0.477 e. The lowest BCUT2D eigenvalue weighted by molar-refractivity contribution is -0.187. The molecule has 0 aromatic rings. The first-order valence-corrected chi connectivity index (χ1v) is 15.9. The summed E-state index contributed by atoms with van der Waals surface area (Å²) in [6, 6.07) is 2.20. The van der Waals surface area contributed by atoms with Crippen LogP contribution in [0.25, 0.3) is 0 Å². The van der Waals surface area contributed by atoms with Gasteiger partial charge in [-0.25, -0.2) is 4.79 Å². The molecule has 0 aromatic heterocycles. The number of nitriles is 1. The topological polar surface area (TPSA) is 129 Å². The van der Waals surface area contributed by atoms with Gasteiger partial charge in [0.1, 0.15) is 17.7 Å². The van der Waals surface area contributed by atoms with Crippen LogP contribution < -0.4 is 5.32 Å². The van der Waals surface area contributed by atoms with Crippen molar-refractivity contribution in [3.63, 3.8) is 0 Å². The van der Waals surface area contributed by atoms with E-state index in [2.05, 4.69) is 11.4 Å². The van der Waals surface area contributed by atoms with Crippen molar-refractivity contribution in [3.05, 3.63) is 11.3 Å². The highest BCUT2D eigenvalue weighted by molar-refractivity contribution is 8.00. The second kappa shape index (κ2) is 17.6. The van der Waals surface area contributed by atoms with E-state index in [0.29, 0.717) is 22.7 Å². The number of unbranched alkanes of at least 4 members (excludes halogenated alkanes) is 12. The van der Waals surface area contributed by atoms with Crippen LogP contribution in [0.1, 0.15) is 104 Å². The smallest absolute Gasteiger partial charge is 0.352 e. The van der Waals surface area contributed by atoms with E-state index in [1.165, 1.54) is 88.5 Å². The van der Waals surface area contributed by atoms with Crippen molar-refractivity contribution < 1.29 is 29.0 Å². The molecule has 1 saturated heterocycles. The van der Waals surface area contributed by atoms with E-state index < -0.39 is 28.9 Å². The third kappa shape index (κ3) is 9.45. The summed E-state index contributed by atoms with van der Waals surface area (Å²) in [4.78, 5) is 38.2. The minimum absolute atomic E-state index is 0.0552. The monoisotopic (exact) mass is 595 g/mol. The Labute approximate surface area is 248 Å². The van der Waals surface area contributed by atoms with Crippen molar-refractivity contribution in [2.75, 3.05) is 19.5 Å².